The largest absolute Gasteiger partial charge is 0.515 e. The van der Waals surface area contributed by atoms with Gasteiger partial charge >= 0.3 is 11.9 Å². The Labute approximate surface area is 73.3 Å². The Kier molecular flexibility index (Phi) is 3.02. The van der Waals surface area contributed by atoms with Crippen LogP contribution in [0.1, 0.15) is 6.92 Å². The number of rotatable bonds is 3. The van der Waals surface area contributed by atoms with Crippen molar-refractivity contribution in [3.63, 3.8) is 0 Å². The van der Waals surface area contributed by atoms with Crippen molar-refractivity contribution < 1.29 is 24.9 Å². The first-order valence-corrected chi connectivity index (χ1v) is 3.13. The monoisotopic (exact) mass is 185 g/mol. The third kappa shape index (κ3) is 1.59. The second-order valence-electron chi connectivity index (χ2n) is 2.39. The first kappa shape index (κ1) is 11.0. The van der Waals surface area contributed by atoms with E-state index in [1.54, 1.807) is 0 Å². The minimum atomic E-state index is -2.40. The number of aliphatic hydroxyl groups is 1. The molecule has 0 fully saturated rings. The van der Waals surface area contributed by atoms with Crippen LogP contribution in [-0.2, 0) is 9.59 Å². The number of nitriles is 1. The van der Waals surface area contributed by atoms with Crippen LogP contribution in [0.5, 0.6) is 0 Å². The van der Waals surface area contributed by atoms with Gasteiger partial charge < -0.3 is 15.3 Å². The van der Waals surface area contributed by atoms with E-state index in [1.807, 2.05) is 0 Å². The molecular weight excluding hydrogens is 178 g/mol. The Morgan fingerprint density at radius 1 is 1.38 bits per heavy atom. The lowest BCUT2D eigenvalue weighted by Gasteiger charge is -2.17. The van der Waals surface area contributed by atoms with Crippen molar-refractivity contribution in [3.8, 4) is 6.07 Å². The molecule has 0 saturated carbocycles. The van der Waals surface area contributed by atoms with Crippen LogP contribution in [0.25, 0.3) is 0 Å². The van der Waals surface area contributed by atoms with Crippen molar-refractivity contribution in [1.29, 1.82) is 5.26 Å². The summed E-state index contributed by atoms with van der Waals surface area (Å²) in [5.74, 6) is -3.41. The van der Waals surface area contributed by atoms with Crippen LogP contribution in [0.15, 0.2) is 11.8 Å². The maximum atomic E-state index is 10.5. The lowest BCUT2D eigenvalue weighted by Crippen LogP contribution is -2.37. The molecule has 0 rings (SSSR count). The van der Waals surface area contributed by atoms with E-state index in [9.17, 15) is 9.59 Å². The molecular formula is C7H7NO5. The minimum absolute atomic E-state index is 0.183. The van der Waals surface area contributed by atoms with Crippen LogP contribution in [0.2, 0.25) is 0 Å². The zero-order chi connectivity index (χ0) is 10.6. The molecule has 0 bridgehead atoms. The van der Waals surface area contributed by atoms with Crippen LogP contribution in [0.4, 0.5) is 0 Å². The van der Waals surface area contributed by atoms with Crippen molar-refractivity contribution in [2.45, 2.75) is 6.92 Å². The highest BCUT2D eigenvalue weighted by Gasteiger charge is 2.46. The van der Waals surface area contributed by atoms with Gasteiger partial charge in [0.15, 0.2) is 5.41 Å². The number of carboxylic acid groups (broad SMARTS) is 2. The summed E-state index contributed by atoms with van der Waals surface area (Å²) >= 11 is 0. The number of carbonyl (C=O) groups is 2. The van der Waals surface area contributed by atoms with Gasteiger partial charge in [-0.15, -0.1) is 0 Å². The minimum Gasteiger partial charge on any atom is -0.515 e. The van der Waals surface area contributed by atoms with Gasteiger partial charge in [-0.05, 0) is 6.92 Å². The fourth-order valence-electron chi connectivity index (χ4n) is 0.592. The van der Waals surface area contributed by atoms with Gasteiger partial charge in [-0.1, -0.05) is 0 Å². The maximum absolute atomic E-state index is 10.5. The highest BCUT2D eigenvalue weighted by atomic mass is 16.4. The molecule has 6 heteroatoms. The van der Waals surface area contributed by atoms with E-state index >= 15 is 0 Å². The zero-order valence-electron chi connectivity index (χ0n) is 6.68. The summed E-state index contributed by atoms with van der Waals surface area (Å²) < 4.78 is 0. The van der Waals surface area contributed by atoms with E-state index in [1.165, 1.54) is 6.07 Å². The SMILES string of the molecule is CC(C(=O)O)(C(=O)O)C(C#N)=CO. The van der Waals surface area contributed by atoms with Crippen LogP contribution in [0, 0.1) is 16.7 Å². The second kappa shape index (κ2) is 3.58. The molecule has 3 N–H and O–H groups in total. The van der Waals surface area contributed by atoms with Crippen molar-refractivity contribution in [1.82, 2.24) is 0 Å². The van der Waals surface area contributed by atoms with Crippen molar-refractivity contribution in [2.75, 3.05) is 0 Å². The maximum Gasteiger partial charge on any atom is 0.326 e. The van der Waals surface area contributed by atoms with Gasteiger partial charge in [-0.25, -0.2) is 0 Å². The summed E-state index contributed by atoms with van der Waals surface area (Å²) in [6, 6.07) is 1.30. The lowest BCUT2D eigenvalue weighted by atomic mass is 9.83. The van der Waals surface area contributed by atoms with Crippen molar-refractivity contribution >= 4 is 11.9 Å². The average Bonchev–Trinajstić information content (AvgIpc) is 2.05. The van der Waals surface area contributed by atoms with Crippen LogP contribution < -0.4 is 0 Å². The van der Waals surface area contributed by atoms with E-state index in [2.05, 4.69) is 0 Å². The molecule has 0 aromatic rings. The Morgan fingerprint density at radius 2 is 1.77 bits per heavy atom. The third-order valence-electron chi connectivity index (χ3n) is 1.64. The summed E-state index contributed by atoms with van der Waals surface area (Å²) in [4.78, 5) is 21.1. The lowest BCUT2D eigenvalue weighted by molar-refractivity contribution is -0.159. The van der Waals surface area contributed by atoms with Crippen LogP contribution in [0.3, 0.4) is 0 Å². The van der Waals surface area contributed by atoms with E-state index < -0.39 is 22.9 Å². The van der Waals surface area contributed by atoms with Gasteiger partial charge in [0.1, 0.15) is 0 Å². The number of nitrogens with zero attached hydrogens (tertiary/aromatic N) is 1. The fourth-order valence-corrected chi connectivity index (χ4v) is 0.592. The van der Waals surface area contributed by atoms with Gasteiger partial charge in [0.05, 0.1) is 17.9 Å². The van der Waals surface area contributed by atoms with Gasteiger partial charge in [-0.2, -0.15) is 5.26 Å². The molecule has 0 saturated heterocycles. The number of hydrogen-bond acceptors (Lipinski definition) is 4. The summed E-state index contributed by atoms with van der Waals surface area (Å²) in [6.45, 7) is 0.822. The zero-order valence-corrected chi connectivity index (χ0v) is 6.68. The fraction of sp³-hybridized carbons (Fsp3) is 0.286. The van der Waals surface area contributed by atoms with Crippen LogP contribution in [-0.4, -0.2) is 27.3 Å². The molecule has 0 aromatic heterocycles. The molecule has 0 amide bonds. The molecule has 0 aliphatic carbocycles. The van der Waals surface area contributed by atoms with E-state index in [0.717, 1.165) is 6.92 Å². The number of hydrogen-bond donors (Lipinski definition) is 3. The Morgan fingerprint density at radius 3 is 1.85 bits per heavy atom. The van der Waals surface area contributed by atoms with Crippen molar-refractivity contribution in [2.24, 2.45) is 5.41 Å². The number of aliphatic hydroxyl groups excluding tert-OH is 1. The highest BCUT2D eigenvalue weighted by molar-refractivity contribution is 6.02. The number of carboxylic acids is 2. The first-order valence-electron chi connectivity index (χ1n) is 3.13. The molecule has 13 heavy (non-hydrogen) atoms. The predicted molar refractivity (Wildman–Crippen MR) is 39.7 cm³/mol. The van der Waals surface area contributed by atoms with E-state index in [-0.39, 0.29) is 6.26 Å². The standard InChI is InChI=1S/C7H7NO5/c1-7(5(10)11,6(12)13)4(2-8)3-9/h3,9H,1H3,(H,10,11)(H,12,13). The molecule has 0 unspecified atom stereocenters. The summed E-state index contributed by atoms with van der Waals surface area (Å²) in [5, 5.41) is 33.9. The summed E-state index contributed by atoms with van der Waals surface area (Å²) in [5.41, 5.74) is -3.13. The van der Waals surface area contributed by atoms with E-state index in [0.29, 0.717) is 0 Å². The van der Waals surface area contributed by atoms with Crippen molar-refractivity contribution in [3.05, 3.63) is 11.8 Å². The smallest absolute Gasteiger partial charge is 0.326 e. The van der Waals surface area contributed by atoms with Gasteiger partial charge in [0, 0.05) is 0 Å². The molecule has 0 aliphatic heterocycles. The molecule has 0 aromatic carbocycles. The van der Waals surface area contributed by atoms with Gasteiger partial charge in [-0.3, -0.25) is 9.59 Å². The molecule has 0 atom stereocenters. The first-order chi connectivity index (χ1) is 5.91. The molecule has 0 radical (unpaired) electrons. The quantitative estimate of drug-likeness (QED) is 0.326. The molecule has 0 aliphatic rings. The molecule has 0 heterocycles. The Bertz CT molecular complexity index is 297. The Balaban J connectivity index is 5.41. The molecule has 0 spiro atoms. The molecule has 6 nitrogen and oxygen atoms in total. The average molecular weight is 185 g/mol. The topological polar surface area (TPSA) is 119 Å². The summed E-state index contributed by atoms with van der Waals surface area (Å²) in [7, 11) is 0. The normalized spacial score (nSPS) is 11.8. The number of aliphatic carboxylic acids is 2. The highest BCUT2D eigenvalue weighted by Crippen LogP contribution is 2.26. The molecule has 70 valence electrons. The van der Waals surface area contributed by atoms with Gasteiger partial charge in [0.2, 0.25) is 0 Å². The summed E-state index contributed by atoms with van der Waals surface area (Å²) in [6.07, 6.45) is 0.183. The second-order valence-corrected chi connectivity index (χ2v) is 2.39. The van der Waals surface area contributed by atoms with Crippen LogP contribution >= 0.6 is 0 Å². The van der Waals surface area contributed by atoms with E-state index in [4.69, 9.17) is 20.6 Å². The predicted octanol–water partition coefficient (Wildman–Crippen LogP) is 0.127. The van der Waals surface area contributed by atoms with Gasteiger partial charge in [0.25, 0.3) is 0 Å². The Hall–Kier alpha value is -2.03. The third-order valence-corrected chi connectivity index (χ3v) is 1.64.